The topological polar surface area (TPSA) is 71.1 Å². The number of halogens is 9. The highest BCUT2D eigenvalue weighted by Gasteiger charge is 2.73. The van der Waals surface area contributed by atoms with Crippen molar-refractivity contribution in [2.45, 2.75) is 76.5 Å². The zero-order valence-corrected chi connectivity index (χ0v) is 27.1. The van der Waals surface area contributed by atoms with Crippen molar-refractivity contribution in [1.82, 2.24) is 0 Å². The third-order valence-corrected chi connectivity index (χ3v) is 7.35. The van der Waals surface area contributed by atoms with Gasteiger partial charge in [-0.05, 0) is 67.3 Å². The van der Waals surface area contributed by atoms with Crippen molar-refractivity contribution in [1.29, 1.82) is 0 Å². The van der Waals surface area contributed by atoms with Gasteiger partial charge in [-0.3, -0.25) is 0 Å². The van der Waals surface area contributed by atoms with Gasteiger partial charge in [-0.15, -0.1) is 0 Å². The number of hydrogen-bond donors (Lipinski definition) is 0. The third kappa shape index (κ3) is 10.6. The summed E-state index contributed by atoms with van der Waals surface area (Å²) in [4.78, 5) is 25.0. The van der Waals surface area contributed by atoms with E-state index >= 15 is 0 Å². The molecule has 0 heterocycles. The van der Waals surface area contributed by atoms with Crippen molar-refractivity contribution in [3.05, 3.63) is 83.4 Å². The van der Waals surface area contributed by atoms with Gasteiger partial charge >= 0.3 is 30.0 Å². The minimum Gasteiger partial charge on any atom is -0.490 e. The summed E-state index contributed by atoms with van der Waals surface area (Å²) >= 11 is 0. The van der Waals surface area contributed by atoms with Crippen LogP contribution < -0.4 is 9.47 Å². The van der Waals surface area contributed by atoms with Gasteiger partial charge in [-0.2, -0.15) is 35.1 Å². The van der Waals surface area contributed by atoms with Crippen LogP contribution in [0.3, 0.4) is 0 Å². The SMILES string of the molecule is CCCCCCC(C)OC(=O)c1ccc(-c2ccc(OC(=O)c3ccc(OCCCOCC(F)(F)C(F)(F)C(F)(F)F)c(F)c3F)cc2)cc1. The maximum Gasteiger partial charge on any atom is 0.459 e. The summed E-state index contributed by atoms with van der Waals surface area (Å²) in [6, 6.07) is 14.5. The Morgan fingerprint density at radius 2 is 1.34 bits per heavy atom. The summed E-state index contributed by atoms with van der Waals surface area (Å²) in [7, 11) is 0. The van der Waals surface area contributed by atoms with E-state index in [1.807, 2.05) is 6.92 Å². The Kier molecular flexibility index (Phi) is 14.1. The standard InChI is InChI=1S/C35H35F9O6/c1-3-4-5-6-8-22(2)49-31(45)25-11-9-23(10-12-25)24-13-15-26(16-14-24)50-32(46)27-17-18-28(30(37)29(27)36)48-20-7-19-47-21-33(38,39)34(40,41)35(42,43)44/h9-18,22H,3-8,19-21H2,1-2H3. The number of carbonyl (C=O) groups excluding carboxylic acids is 2. The van der Waals surface area contributed by atoms with Crippen molar-refractivity contribution in [3.8, 4) is 22.6 Å². The lowest BCUT2D eigenvalue weighted by atomic mass is 10.0. The molecule has 0 N–H and O–H groups in total. The van der Waals surface area contributed by atoms with Crippen molar-refractivity contribution in [3.63, 3.8) is 0 Å². The number of alkyl halides is 7. The minimum atomic E-state index is -6.49. The highest BCUT2D eigenvalue weighted by molar-refractivity contribution is 5.92. The summed E-state index contributed by atoms with van der Waals surface area (Å²) in [6.45, 7) is 0.436. The lowest BCUT2D eigenvalue weighted by Gasteiger charge is -2.27. The van der Waals surface area contributed by atoms with Crippen LogP contribution in [0.1, 0.15) is 73.1 Å². The van der Waals surface area contributed by atoms with E-state index < -0.39 is 72.7 Å². The van der Waals surface area contributed by atoms with Crippen molar-refractivity contribution in [2.75, 3.05) is 19.8 Å². The molecule has 50 heavy (non-hydrogen) atoms. The van der Waals surface area contributed by atoms with E-state index in [1.54, 1.807) is 36.4 Å². The molecule has 0 amide bonds. The summed E-state index contributed by atoms with van der Waals surface area (Å²) < 4.78 is 138. The van der Waals surface area contributed by atoms with E-state index in [2.05, 4.69) is 11.7 Å². The molecule has 0 saturated heterocycles. The molecule has 0 bridgehead atoms. The lowest BCUT2D eigenvalue weighted by molar-refractivity contribution is -0.361. The Labute approximate surface area is 282 Å². The molecule has 6 nitrogen and oxygen atoms in total. The van der Waals surface area contributed by atoms with E-state index in [0.717, 1.165) is 49.8 Å². The highest BCUT2D eigenvalue weighted by atomic mass is 19.4. The molecule has 274 valence electrons. The van der Waals surface area contributed by atoms with Gasteiger partial charge in [0.05, 0.1) is 30.4 Å². The van der Waals surface area contributed by atoms with Crippen LogP contribution in [0.25, 0.3) is 11.1 Å². The number of rotatable bonds is 18. The van der Waals surface area contributed by atoms with Crippen LogP contribution in [-0.2, 0) is 9.47 Å². The Morgan fingerprint density at radius 1 is 0.720 bits per heavy atom. The quantitative estimate of drug-likeness (QED) is 0.0564. The highest BCUT2D eigenvalue weighted by Crippen LogP contribution is 2.46. The van der Waals surface area contributed by atoms with E-state index in [4.69, 9.17) is 14.2 Å². The van der Waals surface area contributed by atoms with E-state index in [9.17, 15) is 49.1 Å². The fourth-order valence-corrected chi connectivity index (χ4v) is 4.49. The maximum atomic E-state index is 14.7. The van der Waals surface area contributed by atoms with Crippen molar-refractivity contribution >= 4 is 11.9 Å². The predicted octanol–water partition coefficient (Wildman–Crippen LogP) is 9.99. The van der Waals surface area contributed by atoms with Crippen LogP contribution in [0, 0.1) is 11.6 Å². The molecule has 3 rings (SSSR count). The molecular weight excluding hydrogens is 687 g/mol. The summed E-state index contributed by atoms with van der Waals surface area (Å²) in [6.07, 6.45) is -1.96. The second-order valence-electron chi connectivity index (χ2n) is 11.3. The van der Waals surface area contributed by atoms with Gasteiger partial charge in [-0.1, -0.05) is 50.5 Å². The lowest BCUT2D eigenvalue weighted by Crippen LogP contribution is -2.54. The van der Waals surface area contributed by atoms with Crippen LogP contribution >= 0.6 is 0 Å². The molecule has 15 heteroatoms. The van der Waals surface area contributed by atoms with Crippen molar-refractivity contribution < 1.29 is 68.1 Å². The smallest absolute Gasteiger partial charge is 0.459 e. The summed E-state index contributed by atoms with van der Waals surface area (Å²) in [5, 5.41) is 0. The van der Waals surface area contributed by atoms with E-state index in [0.29, 0.717) is 11.1 Å². The first kappa shape index (κ1) is 40.2. The van der Waals surface area contributed by atoms with Crippen LogP contribution in [0.2, 0.25) is 0 Å². The van der Waals surface area contributed by atoms with Crippen LogP contribution in [0.4, 0.5) is 39.5 Å². The average molecular weight is 723 g/mol. The second kappa shape index (κ2) is 17.6. The Morgan fingerprint density at radius 3 is 1.94 bits per heavy atom. The largest absolute Gasteiger partial charge is 0.490 e. The molecule has 3 aromatic carbocycles. The molecule has 0 spiro atoms. The summed E-state index contributed by atoms with van der Waals surface area (Å²) in [5.41, 5.74) is 1.04. The summed E-state index contributed by atoms with van der Waals surface area (Å²) in [5.74, 6) is -17.4. The average Bonchev–Trinajstić information content (AvgIpc) is 3.06. The molecule has 0 saturated carbocycles. The number of ether oxygens (including phenoxy) is 4. The first-order valence-electron chi connectivity index (χ1n) is 15.6. The number of unbranched alkanes of at least 4 members (excludes halogenated alkanes) is 3. The normalized spacial score (nSPS) is 12.8. The molecule has 1 atom stereocenters. The number of esters is 2. The fraction of sp³-hybridized carbons (Fsp3) is 0.429. The van der Waals surface area contributed by atoms with Gasteiger partial charge in [0.25, 0.3) is 0 Å². The third-order valence-electron chi connectivity index (χ3n) is 7.35. The molecule has 1 unspecified atom stereocenters. The molecule has 0 fully saturated rings. The monoisotopic (exact) mass is 722 g/mol. The zero-order chi connectivity index (χ0) is 37.1. The molecule has 0 aliphatic carbocycles. The van der Waals surface area contributed by atoms with Crippen molar-refractivity contribution in [2.24, 2.45) is 0 Å². The van der Waals surface area contributed by atoms with Crippen LogP contribution in [0.15, 0.2) is 60.7 Å². The zero-order valence-electron chi connectivity index (χ0n) is 27.1. The molecular formula is C35H35F9O6. The maximum absolute atomic E-state index is 14.7. The predicted molar refractivity (Wildman–Crippen MR) is 164 cm³/mol. The second-order valence-corrected chi connectivity index (χ2v) is 11.3. The Hall–Kier alpha value is -4.27. The van der Waals surface area contributed by atoms with Gasteiger partial charge in [0.15, 0.2) is 11.6 Å². The van der Waals surface area contributed by atoms with Gasteiger partial charge in [0.1, 0.15) is 12.4 Å². The van der Waals surface area contributed by atoms with E-state index in [1.165, 1.54) is 12.1 Å². The first-order chi connectivity index (χ1) is 23.5. The Bertz CT molecular complexity index is 1560. The minimum absolute atomic E-state index is 0.00517. The molecule has 0 radical (unpaired) electrons. The fourth-order valence-electron chi connectivity index (χ4n) is 4.49. The number of hydrogen-bond acceptors (Lipinski definition) is 6. The van der Waals surface area contributed by atoms with Gasteiger partial charge in [0.2, 0.25) is 5.82 Å². The molecule has 0 aromatic heterocycles. The van der Waals surface area contributed by atoms with Crippen LogP contribution in [-0.4, -0.2) is 55.9 Å². The molecule has 3 aromatic rings. The number of carbonyl (C=O) groups is 2. The first-order valence-corrected chi connectivity index (χ1v) is 15.6. The van der Waals surface area contributed by atoms with Gasteiger partial charge in [-0.25, -0.2) is 14.0 Å². The van der Waals surface area contributed by atoms with Crippen LogP contribution in [0.5, 0.6) is 11.5 Å². The molecule has 0 aliphatic heterocycles. The van der Waals surface area contributed by atoms with Gasteiger partial charge < -0.3 is 18.9 Å². The number of benzene rings is 3. The van der Waals surface area contributed by atoms with Gasteiger partial charge in [0, 0.05) is 6.42 Å². The van der Waals surface area contributed by atoms with E-state index in [-0.39, 0.29) is 18.3 Å². The Balaban J connectivity index is 1.49. The molecule has 0 aliphatic rings.